The van der Waals surface area contributed by atoms with Crippen molar-refractivity contribution in [2.24, 2.45) is 0 Å². The third kappa shape index (κ3) is 5.09. The summed E-state index contributed by atoms with van der Waals surface area (Å²) in [5, 5.41) is 12.7. The molecule has 1 aliphatic heterocycles. The Morgan fingerprint density at radius 3 is 2.42 bits per heavy atom. The van der Waals surface area contributed by atoms with Gasteiger partial charge in [0.2, 0.25) is 0 Å². The van der Waals surface area contributed by atoms with Gasteiger partial charge in [-0.2, -0.15) is 0 Å². The van der Waals surface area contributed by atoms with Crippen LogP contribution in [0.5, 0.6) is 0 Å². The third-order valence-corrected chi connectivity index (χ3v) is 6.07. The Kier molecular flexibility index (Phi) is 6.89. The molecular formula is C25H31N5O. The Hall–Kier alpha value is -2.83. The van der Waals surface area contributed by atoms with Crippen LogP contribution in [-0.2, 0) is 0 Å². The van der Waals surface area contributed by atoms with E-state index >= 15 is 0 Å². The Balaban J connectivity index is 1.46. The molecule has 6 nitrogen and oxygen atoms in total. The first kappa shape index (κ1) is 21.4. The van der Waals surface area contributed by atoms with Crippen molar-refractivity contribution in [2.75, 3.05) is 45.8 Å². The van der Waals surface area contributed by atoms with Crippen molar-refractivity contribution in [3.63, 3.8) is 0 Å². The predicted octanol–water partition coefficient (Wildman–Crippen LogP) is 3.36. The van der Waals surface area contributed by atoms with E-state index in [4.69, 9.17) is 0 Å². The molecular weight excluding hydrogens is 386 g/mol. The maximum Gasteiger partial charge on any atom is 0.254 e. The third-order valence-electron chi connectivity index (χ3n) is 6.07. The molecule has 6 heteroatoms. The van der Waals surface area contributed by atoms with Crippen molar-refractivity contribution < 1.29 is 4.79 Å². The second kappa shape index (κ2) is 9.98. The zero-order valence-corrected chi connectivity index (χ0v) is 18.5. The van der Waals surface area contributed by atoms with Crippen molar-refractivity contribution in [1.82, 2.24) is 25.3 Å². The van der Waals surface area contributed by atoms with E-state index in [2.05, 4.69) is 32.2 Å². The standard InChI is InChI=1S/C25H31N5O/c1-3-29-15-17-30(18-16-29)14-6-13-26-25(31)23-21-7-4-5-8-22(21)27-28-24(23)20-11-9-19(2)10-12-20/h4-5,7-12H,3,6,13-18H2,1-2H3,(H,26,31). The van der Waals surface area contributed by atoms with Gasteiger partial charge in [-0.3, -0.25) is 4.79 Å². The summed E-state index contributed by atoms with van der Waals surface area (Å²) in [5.74, 6) is -0.0857. The number of likely N-dealkylation sites (N-methyl/N-ethyl adjacent to an activating group) is 1. The molecule has 1 aromatic heterocycles. The summed E-state index contributed by atoms with van der Waals surface area (Å²) in [4.78, 5) is 18.2. The van der Waals surface area contributed by atoms with E-state index in [0.717, 1.165) is 62.2 Å². The van der Waals surface area contributed by atoms with Gasteiger partial charge in [-0.15, -0.1) is 10.2 Å². The van der Waals surface area contributed by atoms with Gasteiger partial charge in [-0.05, 0) is 32.5 Å². The minimum Gasteiger partial charge on any atom is -0.352 e. The number of carbonyl (C=O) groups is 1. The molecule has 2 heterocycles. The number of benzene rings is 2. The number of aryl methyl sites for hydroxylation is 1. The van der Waals surface area contributed by atoms with Crippen LogP contribution in [0.2, 0.25) is 0 Å². The van der Waals surface area contributed by atoms with E-state index in [1.165, 1.54) is 5.56 Å². The lowest BCUT2D eigenvalue weighted by atomic mass is 10.0. The second-order valence-electron chi connectivity index (χ2n) is 8.19. The Labute approximate surface area is 184 Å². The highest BCUT2D eigenvalue weighted by atomic mass is 16.1. The van der Waals surface area contributed by atoms with Crippen LogP contribution in [0.4, 0.5) is 0 Å². The lowest BCUT2D eigenvalue weighted by Gasteiger charge is -2.33. The van der Waals surface area contributed by atoms with Crippen molar-refractivity contribution in [3.05, 3.63) is 59.7 Å². The van der Waals surface area contributed by atoms with E-state index in [1.54, 1.807) is 0 Å². The van der Waals surface area contributed by atoms with Crippen LogP contribution in [0.3, 0.4) is 0 Å². The Morgan fingerprint density at radius 1 is 0.968 bits per heavy atom. The summed E-state index contributed by atoms with van der Waals surface area (Å²) in [6, 6.07) is 15.8. The number of aromatic nitrogens is 2. The number of rotatable bonds is 7. The molecule has 0 radical (unpaired) electrons. The molecule has 0 aliphatic carbocycles. The maximum atomic E-state index is 13.3. The summed E-state index contributed by atoms with van der Waals surface area (Å²) in [6.07, 6.45) is 0.939. The second-order valence-corrected chi connectivity index (χ2v) is 8.19. The fourth-order valence-electron chi connectivity index (χ4n) is 4.12. The summed E-state index contributed by atoms with van der Waals surface area (Å²) < 4.78 is 0. The SMILES string of the molecule is CCN1CCN(CCCNC(=O)c2c(-c3ccc(C)cc3)nnc3ccccc23)CC1. The highest BCUT2D eigenvalue weighted by Crippen LogP contribution is 2.27. The van der Waals surface area contributed by atoms with Gasteiger partial charge in [0, 0.05) is 43.7 Å². The van der Waals surface area contributed by atoms with E-state index in [0.29, 0.717) is 17.8 Å². The summed E-state index contributed by atoms with van der Waals surface area (Å²) in [7, 11) is 0. The maximum absolute atomic E-state index is 13.3. The molecule has 1 amide bonds. The lowest BCUT2D eigenvalue weighted by molar-refractivity contribution is 0.0950. The number of amides is 1. The summed E-state index contributed by atoms with van der Waals surface area (Å²) in [6.45, 7) is 11.5. The number of nitrogens with one attached hydrogen (secondary N) is 1. The zero-order valence-electron chi connectivity index (χ0n) is 18.5. The zero-order chi connectivity index (χ0) is 21.6. The number of piperazine rings is 1. The molecule has 0 atom stereocenters. The molecule has 1 N–H and O–H groups in total. The normalized spacial score (nSPS) is 15.3. The highest BCUT2D eigenvalue weighted by molar-refractivity contribution is 6.10. The van der Waals surface area contributed by atoms with Crippen LogP contribution in [0, 0.1) is 6.92 Å². The van der Waals surface area contributed by atoms with Crippen LogP contribution in [0.25, 0.3) is 22.2 Å². The van der Waals surface area contributed by atoms with Gasteiger partial charge in [0.15, 0.2) is 0 Å². The quantitative estimate of drug-likeness (QED) is 0.598. The van der Waals surface area contributed by atoms with Crippen molar-refractivity contribution in [1.29, 1.82) is 0 Å². The number of fused-ring (bicyclic) bond motifs is 1. The average Bonchev–Trinajstić information content (AvgIpc) is 2.82. The minimum absolute atomic E-state index is 0.0857. The monoisotopic (exact) mass is 417 g/mol. The molecule has 1 fully saturated rings. The lowest BCUT2D eigenvalue weighted by Crippen LogP contribution is -2.46. The molecule has 0 saturated carbocycles. The number of hydrogen-bond donors (Lipinski definition) is 1. The van der Waals surface area contributed by atoms with Gasteiger partial charge in [0.05, 0.1) is 11.1 Å². The number of hydrogen-bond acceptors (Lipinski definition) is 5. The van der Waals surface area contributed by atoms with Gasteiger partial charge in [-0.25, -0.2) is 0 Å². The van der Waals surface area contributed by atoms with Crippen LogP contribution in [0.1, 0.15) is 29.3 Å². The number of carbonyl (C=O) groups excluding carboxylic acids is 1. The molecule has 3 aromatic rings. The summed E-state index contributed by atoms with van der Waals surface area (Å²) >= 11 is 0. The predicted molar refractivity (Wildman–Crippen MR) is 125 cm³/mol. The highest BCUT2D eigenvalue weighted by Gasteiger charge is 2.19. The molecule has 4 rings (SSSR count). The minimum atomic E-state index is -0.0857. The van der Waals surface area contributed by atoms with E-state index < -0.39 is 0 Å². The summed E-state index contributed by atoms with van der Waals surface area (Å²) in [5.41, 5.74) is 4.04. The van der Waals surface area contributed by atoms with E-state index in [-0.39, 0.29) is 5.91 Å². The van der Waals surface area contributed by atoms with Gasteiger partial charge < -0.3 is 15.1 Å². The molecule has 1 aliphatic rings. The smallest absolute Gasteiger partial charge is 0.254 e. The average molecular weight is 418 g/mol. The molecule has 31 heavy (non-hydrogen) atoms. The molecule has 0 bridgehead atoms. The van der Waals surface area contributed by atoms with Crippen molar-refractivity contribution >= 4 is 16.8 Å². The van der Waals surface area contributed by atoms with Crippen LogP contribution < -0.4 is 5.32 Å². The Bertz CT molecular complexity index is 1030. The molecule has 162 valence electrons. The van der Waals surface area contributed by atoms with Gasteiger partial charge in [-0.1, -0.05) is 55.0 Å². The van der Waals surface area contributed by atoms with Gasteiger partial charge in [0.25, 0.3) is 5.91 Å². The van der Waals surface area contributed by atoms with E-state index in [1.807, 2.05) is 55.5 Å². The molecule has 0 spiro atoms. The first-order valence-corrected chi connectivity index (χ1v) is 11.2. The topological polar surface area (TPSA) is 61.4 Å². The fraction of sp³-hybridized carbons (Fsp3) is 0.400. The van der Waals surface area contributed by atoms with Gasteiger partial charge >= 0.3 is 0 Å². The van der Waals surface area contributed by atoms with Crippen molar-refractivity contribution in [2.45, 2.75) is 20.3 Å². The van der Waals surface area contributed by atoms with Crippen LogP contribution >= 0.6 is 0 Å². The fourth-order valence-corrected chi connectivity index (χ4v) is 4.12. The number of nitrogens with zero attached hydrogens (tertiary/aromatic N) is 4. The molecule has 1 saturated heterocycles. The Morgan fingerprint density at radius 2 is 1.68 bits per heavy atom. The van der Waals surface area contributed by atoms with Gasteiger partial charge in [0.1, 0.15) is 5.69 Å². The van der Waals surface area contributed by atoms with E-state index in [9.17, 15) is 4.79 Å². The first-order valence-electron chi connectivity index (χ1n) is 11.2. The van der Waals surface area contributed by atoms with Crippen LogP contribution in [0.15, 0.2) is 48.5 Å². The first-order chi connectivity index (χ1) is 15.2. The van der Waals surface area contributed by atoms with Crippen LogP contribution in [-0.4, -0.2) is 71.7 Å². The molecule has 2 aromatic carbocycles. The largest absolute Gasteiger partial charge is 0.352 e. The van der Waals surface area contributed by atoms with Crippen molar-refractivity contribution in [3.8, 4) is 11.3 Å². The molecule has 0 unspecified atom stereocenters.